The van der Waals surface area contributed by atoms with Gasteiger partial charge >= 0.3 is 5.97 Å². The maximum absolute atomic E-state index is 12.0. The fraction of sp³-hybridized carbons (Fsp3) is 0.444. The van der Waals surface area contributed by atoms with Crippen LogP contribution in [0.4, 0.5) is 0 Å². The molecule has 0 N–H and O–H groups in total. The van der Waals surface area contributed by atoms with E-state index in [-0.39, 0.29) is 22.9 Å². The molecule has 3 rings (SSSR count). The molecule has 2 aromatic carbocycles. The molecule has 2 aromatic rings. The van der Waals surface area contributed by atoms with Crippen molar-refractivity contribution in [2.75, 3.05) is 0 Å². The lowest BCUT2D eigenvalue weighted by molar-refractivity contribution is 0.0378. The van der Waals surface area contributed by atoms with Crippen LogP contribution in [0.25, 0.3) is 11.6 Å². The van der Waals surface area contributed by atoms with Crippen LogP contribution in [0.15, 0.2) is 42.5 Å². The number of carbonyl (C=O) groups is 1. The van der Waals surface area contributed by atoms with Crippen molar-refractivity contribution in [1.29, 1.82) is 0 Å². The minimum atomic E-state index is -0.271. The molecule has 29 heavy (non-hydrogen) atoms. The van der Waals surface area contributed by atoms with E-state index in [0.29, 0.717) is 5.56 Å². The summed E-state index contributed by atoms with van der Waals surface area (Å²) in [6.45, 7) is 15.3. The Hall–Kier alpha value is -2.35. The summed E-state index contributed by atoms with van der Waals surface area (Å²) in [5.74, 6) is -0.271. The second-order valence-corrected chi connectivity index (χ2v) is 9.93. The maximum atomic E-state index is 12.0. The average molecular weight is 391 g/mol. The highest BCUT2D eigenvalue weighted by Gasteiger charge is 2.36. The minimum absolute atomic E-state index is 0.109. The zero-order valence-electron chi connectivity index (χ0n) is 18.9. The topological polar surface area (TPSA) is 26.3 Å². The lowest BCUT2D eigenvalue weighted by atomic mass is 9.63. The molecule has 0 unspecified atom stereocenters. The first kappa shape index (κ1) is 21.4. The molecule has 0 spiro atoms. The third-order valence-corrected chi connectivity index (χ3v) is 6.18. The van der Waals surface area contributed by atoms with Gasteiger partial charge in [-0.05, 0) is 84.4 Å². The second kappa shape index (κ2) is 7.82. The second-order valence-electron chi connectivity index (χ2n) is 9.93. The van der Waals surface area contributed by atoms with Crippen LogP contribution in [-0.2, 0) is 15.6 Å². The minimum Gasteiger partial charge on any atom is -0.459 e. The molecule has 0 heterocycles. The fourth-order valence-corrected chi connectivity index (χ4v) is 4.16. The number of allylic oxidation sites excluding steroid dienone is 1. The number of hydrogen-bond donors (Lipinski definition) is 0. The summed E-state index contributed by atoms with van der Waals surface area (Å²) in [4.78, 5) is 12.0. The van der Waals surface area contributed by atoms with E-state index in [0.717, 1.165) is 5.56 Å². The number of benzene rings is 2. The van der Waals surface area contributed by atoms with Gasteiger partial charge in [-0.25, -0.2) is 4.79 Å². The molecule has 2 heteroatoms. The van der Waals surface area contributed by atoms with E-state index in [9.17, 15) is 4.79 Å². The van der Waals surface area contributed by atoms with Gasteiger partial charge in [0.25, 0.3) is 0 Å². The van der Waals surface area contributed by atoms with Crippen molar-refractivity contribution in [3.8, 4) is 0 Å². The van der Waals surface area contributed by atoms with Crippen LogP contribution < -0.4 is 0 Å². The Morgan fingerprint density at radius 2 is 1.45 bits per heavy atom. The third-order valence-electron chi connectivity index (χ3n) is 6.18. The average Bonchev–Trinajstić information content (AvgIpc) is 2.65. The van der Waals surface area contributed by atoms with Crippen LogP contribution in [0.3, 0.4) is 0 Å². The molecule has 1 aliphatic carbocycles. The Bertz CT molecular complexity index is 928. The lowest BCUT2D eigenvalue weighted by Crippen LogP contribution is -2.33. The normalized spacial score (nSPS) is 17.7. The smallest absolute Gasteiger partial charge is 0.338 e. The van der Waals surface area contributed by atoms with Crippen molar-refractivity contribution in [3.63, 3.8) is 0 Å². The van der Waals surface area contributed by atoms with Crippen LogP contribution >= 0.6 is 0 Å². The summed E-state index contributed by atoms with van der Waals surface area (Å²) in [5, 5.41) is 0. The van der Waals surface area contributed by atoms with Crippen molar-refractivity contribution < 1.29 is 9.53 Å². The van der Waals surface area contributed by atoms with Gasteiger partial charge in [-0.15, -0.1) is 0 Å². The summed E-state index contributed by atoms with van der Waals surface area (Å²) < 4.78 is 5.26. The molecule has 154 valence electrons. The Balaban J connectivity index is 1.88. The van der Waals surface area contributed by atoms with E-state index >= 15 is 0 Å². The summed E-state index contributed by atoms with van der Waals surface area (Å²) in [7, 11) is 0. The quantitative estimate of drug-likeness (QED) is 0.409. The molecular weight excluding hydrogens is 356 g/mol. The van der Waals surface area contributed by atoms with Gasteiger partial charge in [-0.2, -0.15) is 0 Å². The molecule has 0 fully saturated rings. The number of fused-ring (bicyclic) bond motifs is 1. The van der Waals surface area contributed by atoms with Crippen molar-refractivity contribution in [1.82, 2.24) is 0 Å². The van der Waals surface area contributed by atoms with Gasteiger partial charge in [-0.1, -0.05) is 64.1 Å². The highest BCUT2D eigenvalue weighted by Crippen LogP contribution is 2.46. The molecule has 0 aliphatic heterocycles. The van der Waals surface area contributed by atoms with Gasteiger partial charge in [0, 0.05) is 0 Å². The van der Waals surface area contributed by atoms with Crippen LogP contribution in [0.2, 0.25) is 0 Å². The number of ether oxygens (including phenoxy) is 1. The molecule has 1 aliphatic rings. The molecule has 0 radical (unpaired) electrons. The largest absolute Gasteiger partial charge is 0.459 e. The van der Waals surface area contributed by atoms with Crippen LogP contribution in [-0.4, -0.2) is 12.1 Å². The molecule has 0 bridgehead atoms. The summed E-state index contributed by atoms with van der Waals surface area (Å²) in [6.07, 6.45) is 4.52. The Morgan fingerprint density at radius 3 is 2.03 bits per heavy atom. The van der Waals surface area contributed by atoms with E-state index in [1.807, 2.05) is 38.1 Å². The number of hydrogen-bond acceptors (Lipinski definition) is 2. The van der Waals surface area contributed by atoms with Gasteiger partial charge < -0.3 is 4.74 Å². The van der Waals surface area contributed by atoms with Crippen molar-refractivity contribution in [3.05, 3.63) is 70.3 Å². The predicted molar refractivity (Wildman–Crippen MR) is 122 cm³/mol. The summed E-state index contributed by atoms with van der Waals surface area (Å²) in [5.41, 5.74) is 7.57. The predicted octanol–water partition coefficient (Wildman–Crippen LogP) is 7.16. The van der Waals surface area contributed by atoms with E-state index in [1.165, 1.54) is 35.1 Å². The fourth-order valence-electron chi connectivity index (χ4n) is 4.16. The zero-order chi connectivity index (χ0) is 21.4. The molecular formula is C27H34O2. The van der Waals surface area contributed by atoms with Crippen molar-refractivity contribution in [2.24, 2.45) is 0 Å². The molecule has 0 saturated carbocycles. The van der Waals surface area contributed by atoms with Crippen LogP contribution in [0.5, 0.6) is 0 Å². The Kier molecular flexibility index (Phi) is 5.76. The summed E-state index contributed by atoms with van der Waals surface area (Å²) in [6, 6.07) is 14.6. The first-order valence-electron chi connectivity index (χ1n) is 10.6. The number of esters is 1. The van der Waals surface area contributed by atoms with Crippen molar-refractivity contribution >= 4 is 17.6 Å². The number of carbonyl (C=O) groups excluding carboxylic acids is 1. The highest BCUT2D eigenvalue weighted by molar-refractivity contribution is 5.90. The van der Waals surface area contributed by atoms with Gasteiger partial charge in [0.1, 0.15) is 0 Å². The van der Waals surface area contributed by atoms with E-state index in [1.54, 1.807) is 0 Å². The lowest BCUT2D eigenvalue weighted by Gasteiger charge is -2.42. The third kappa shape index (κ3) is 4.63. The highest BCUT2D eigenvalue weighted by atomic mass is 16.5. The van der Waals surface area contributed by atoms with Crippen LogP contribution in [0.1, 0.15) is 93.9 Å². The van der Waals surface area contributed by atoms with E-state index in [2.05, 4.69) is 58.9 Å². The van der Waals surface area contributed by atoms with Crippen molar-refractivity contribution in [2.45, 2.75) is 78.2 Å². The van der Waals surface area contributed by atoms with Gasteiger partial charge in [-0.3, -0.25) is 0 Å². The molecule has 0 saturated heterocycles. The maximum Gasteiger partial charge on any atom is 0.338 e. The van der Waals surface area contributed by atoms with E-state index in [4.69, 9.17) is 4.74 Å². The van der Waals surface area contributed by atoms with Gasteiger partial charge in [0.15, 0.2) is 0 Å². The summed E-state index contributed by atoms with van der Waals surface area (Å²) >= 11 is 0. The van der Waals surface area contributed by atoms with Gasteiger partial charge in [0.05, 0.1) is 11.7 Å². The van der Waals surface area contributed by atoms with Gasteiger partial charge in [0.2, 0.25) is 0 Å². The molecule has 0 aromatic heterocycles. The standard InChI is InChI=1S/C27H34O2/c1-18(2)29-25(28)21-10-8-20(9-11-21)16-19(3)22-12-13-23-24(17-22)27(6,7)15-14-26(23,4)5/h8-13,16-18H,14-15H2,1-7H3/b19-16+. The Labute approximate surface area is 176 Å². The monoisotopic (exact) mass is 390 g/mol. The Morgan fingerprint density at radius 1 is 0.897 bits per heavy atom. The van der Waals surface area contributed by atoms with E-state index < -0.39 is 0 Å². The zero-order valence-corrected chi connectivity index (χ0v) is 18.9. The van der Waals surface area contributed by atoms with Crippen LogP contribution in [0, 0.1) is 0 Å². The molecule has 2 nitrogen and oxygen atoms in total. The number of rotatable bonds is 4. The SMILES string of the molecule is C/C(=C\c1ccc(C(=O)OC(C)C)cc1)c1ccc2c(c1)C(C)(C)CCC2(C)C. The molecule has 0 atom stereocenters. The first-order valence-corrected chi connectivity index (χ1v) is 10.6. The first-order chi connectivity index (χ1) is 13.5. The molecule has 0 amide bonds.